The van der Waals surface area contributed by atoms with Gasteiger partial charge in [-0.05, 0) is 73.0 Å². The lowest BCUT2D eigenvalue weighted by Gasteiger charge is -2.32. The molecule has 5 nitrogen and oxygen atoms in total. The summed E-state index contributed by atoms with van der Waals surface area (Å²) in [5, 5.41) is 3.28. The molecule has 4 N–H and O–H groups in total. The van der Waals surface area contributed by atoms with E-state index in [1.165, 1.54) is 0 Å². The molecule has 0 aromatic heterocycles. The lowest BCUT2D eigenvalue weighted by atomic mass is 9.79. The number of nitrogens with two attached hydrogens (primary N) is 1. The lowest BCUT2D eigenvalue weighted by molar-refractivity contribution is 0.00578. The summed E-state index contributed by atoms with van der Waals surface area (Å²) in [6.07, 6.45) is 5.75. The van der Waals surface area contributed by atoms with Crippen molar-refractivity contribution in [2.24, 2.45) is 5.84 Å². The molecule has 0 radical (unpaired) electrons. The van der Waals surface area contributed by atoms with E-state index in [1.54, 1.807) is 6.08 Å². The summed E-state index contributed by atoms with van der Waals surface area (Å²) in [6.45, 7) is 24.3. The van der Waals surface area contributed by atoms with Crippen LogP contribution in [0.5, 0.6) is 0 Å². The molecule has 1 aliphatic rings. The predicted octanol–water partition coefficient (Wildman–Crippen LogP) is 5.50. The Bertz CT molecular complexity index is 582. The Morgan fingerprint density at radius 2 is 1.45 bits per heavy atom. The van der Waals surface area contributed by atoms with Gasteiger partial charge in [0.2, 0.25) is 0 Å². The fourth-order valence-corrected chi connectivity index (χ4v) is 2.15. The highest BCUT2D eigenvalue weighted by Crippen LogP contribution is 2.36. The molecule has 1 aromatic carbocycles. The highest BCUT2D eigenvalue weighted by molar-refractivity contribution is 6.62. The van der Waals surface area contributed by atoms with Crippen molar-refractivity contribution in [3.05, 3.63) is 43.0 Å². The molecule has 1 fully saturated rings. The van der Waals surface area contributed by atoms with Crippen molar-refractivity contribution in [2.45, 2.75) is 80.4 Å². The van der Waals surface area contributed by atoms with Crippen LogP contribution in [0.3, 0.4) is 0 Å². The van der Waals surface area contributed by atoms with Gasteiger partial charge in [-0.2, -0.15) is 0 Å². The molecular formula is C23H44BN3O2. The number of hydrogen-bond donors (Lipinski definition) is 3. The Labute approximate surface area is 180 Å². The number of rotatable bonds is 4. The van der Waals surface area contributed by atoms with Gasteiger partial charge in [0.1, 0.15) is 0 Å². The summed E-state index contributed by atoms with van der Waals surface area (Å²) >= 11 is 0. The third-order valence-corrected chi connectivity index (χ3v) is 4.43. The van der Waals surface area contributed by atoms with Crippen LogP contribution in [0, 0.1) is 0 Å². The minimum atomic E-state index is -0.357. The Morgan fingerprint density at radius 3 is 1.79 bits per heavy atom. The third kappa shape index (κ3) is 9.53. The molecule has 0 amide bonds. The standard InChI is InChI=1S/C14H24BN3O2.C4H8.C3H6.C2H6/c1-6-17-12-9-10(7-8-11(12)18-16)15-19-13(2,3)14(4,5)20-15;1-3-4-2;1-3-2;1-2/h7-9,17-18H,6,16H2,1-5H3;3-4H,1-2H3;3H,1H2,2H3;1-2H3/b;4-3-;;. The van der Waals surface area contributed by atoms with Crippen LogP contribution in [0.1, 0.15) is 69.2 Å². The quantitative estimate of drug-likeness (QED) is 0.267. The van der Waals surface area contributed by atoms with Gasteiger partial charge in [-0.25, -0.2) is 0 Å². The highest BCUT2D eigenvalue weighted by Gasteiger charge is 2.51. The van der Waals surface area contributed by atoms with Crippen molar-refractivity contribution in [1.29, 1.82) is 0 Å². The van der Waals surface area contributed by atoms with E-state index in [-0.39, 0.29) is 18.3 Å². The Kier molecular flexibility index (Phi) is 15.4. The first-order valence-corrected chi connectivity index (χ1v) is 10.5. The summed E-state index contributed by atoms with van der Waals surface area (Å²) in [7, 11) is -0.357. The Balaban J connectivity index is 0. The largest absolute Gasteiger partial charge is 0.494 e. The first-order chi connectivity index (χ1) is 13.6. The second-order valence-electron chi connectivity index (χ2n) is 7.14. The van der Waals surface area contributed by atoms with E-state index >= 15 is 0 Å². The molecule has 2 rings (SSSR count). The fourth-order valence-electron chi connectivity index (χ4n) is 2.15. The van der Waals surface area contributed by atoms with Gasteiger partial charge in [-0.3, -0.25) is 5.84 Å². The molecule has 1 aromatic rings. The first kappa shape index (κ1) is 29.4. The molecule has 0 spiro atoms. The van der Waals surface area contributed by atoms with Crippen LogP contribution in [-0.4, -0.2) is 24.9 Å². The first-order valence-electron chi connectivity index (χ1n) is 10.5. The minimum absolute atomic E-state index is 0.333. The number of hydrazine groups is 1. The number of anilines is 2. The van der Waals surface area contributed by atoms with E-state index in [0.29, 0.717) is 0 Å². The van der Waals surface area contributed by atoms with Gasteiger partial charge < -0.3 is 20.1 Å². The van der Waals surface area contributed by atoms with Crippen molar-refractivity contribution in [2.75, 3.05) is 17.3 Å². The average molecular weight is 405 g/mol. The zero-order valence-corrected chi connectivity index (χ0v) is 20.3. The van der Waals surface area contributed by atoms with E-state index in [0.717, 1.165) is 23.4 Å². The maximum absolute atomic E-state index is 6.06. The molecule has 1 heterocycles. The molecule has 0 bridgehead atoms. The zero-order valence-electron chi connectivity index (χ0n) is 20.3. The SMILES string of the molecule is C/C=C\C.C=CC.CC.CCNc1cc(B2OC(C)(C)C(C)(C)O2)ccc1NN. The van der Waals surface area contributed by atoms with Gasteiger partial charge in [0.25, 0.3) is 0 Å². The van der Waals surface area contributed by atoms with E-state index in [2.05, 4.69) is 17.3 Å². The van der Waals surface area contributed by atoms with Crippen molar-refractivity contribution >= 4 is 24.0 Å². The molecule has 6 heteroatoms. The molecular weight excluding hydrogens is 361 g/mol. The van der Waals surface area contributed by atoms with Gasteiger partial charge in [0, 0.05) is 6.54 Å². The van der Waals surface area contributed by atoms with E-state index < -0.39 is 0 Å². The number of hydrogen-bond acceptors (Lipinski definition) is 5. The van der Waals surface area contributed by atoms with Gasteiger partial charge in [-0.1, -0.05) is 38.1 Å². The monoisotopic (exact) mass is 405 g/mol. The summed E-state index contributed by atoms with van der Waals surface area (Å²) in [4.78, 5) is 0. The van der Waals surface area contributed by atoms with E-state index in [4.69, 9.17) is 15.2 Å². The van der Waals surface area contributed by atoms with Gasteiger partial charge in [-0.15, -0.1) is 6.58 Å². The molecule has 1 aliphatic heterocycles. The molecule has 29 heavy (non-hydrogen) atoms. The molecule has 0 atom stereocenters. The average Bonchev–Trinajstić information content (AvgIpc) is 2.92. The highest BCUT2D eigenvalue weighted by atomic mass is 16.7. The molecule has 0 aliphatic carbocycles. The number of allylic oxidation sites excluding steroid dienone is 3. The topological polar surface area (TPSA) is 68.5 Å². The van der Waals surface area contributed by atoms with Crippen LogP contribution in [0.2, 0.25) is 0 Å². The van der Waals surface area contributed by atoms with Gasteiger partial charge in [0.05, 0.1) is 22.6 Å². The fraction of sp³-hybridized carbons (Fsp3) is 0.565. The van der Waals surface area contributed by atoms with Gasteiger partial charge in [0.15, 0.2) is 0 Å². The number of nitrogens with one attached hydrogen (secondary N) is 2. The second-order valence-corrected chi connectivity index (χ2v) is 7.14. The van der Waals surface area contributed by atoms with Crippen LogP contribution in [0.4, 0.5) is 11.4 Å². The van der Waals surface area contributed by atoms with Crippen molar-refractivity contribution in [3.8, 4) is 0 Å². The normalized spacial score (nSPS) is 15.8. The predicted molar refractivity (Wildman–Crippen MR) is 132 cm³/mol. The van der Waals surface area contributed by atoms with Gasteiger partial charge >= 0.3 is 7.12 Å². The molecule has 166 valence electrons. The van der Waals surface area contributed by atoms with Crippen molar-refractivity contribution < 1.29 is 9.31 Å². The summed E-state index contributed by atoms with van der Waals surface area (Å²) in [6, 6.07) is 5.91. The minimum Gasteiger partial charge on any atom is -0.399 e. The number of benzene rings is 1. The Morgan fingerprint density at radius 1 is 1.00 bits per heavy atom. The van der Waals surface area contributed by atoms with Crippen LogP contribution in [0.25, 0.3) is 0 Å². The summed E-state index contributed by atoms with van der Waals surface area (Å²) in [5.74, 6) is 5.52. The third-order valence-electron chi connectivity index (χ3n) is 4.43. The second kappa shape index (κ2) is 15.1. The maximum atomic E-state index is 6.06. The van der Waals surface area contributed by atoms with Crippen LogP contribution in [0.15, 0.2) is 43.0 Å². The summed E-state index contributed by atoms with van der Waals surface area (Å²) < 4.78 is 12.1. The van der Waals surface area contributed by atoms with Crippen molar-refractivity contribution in [1.82, 2.24) is 0 Å². The molecule has 1 saturated heterocycles. The maximum Gasteiger partial charge on any atom is 0.494 e. The summed E-state index contributed by atoms with van der Waals surface area (Å²) in [5.41, 5.74) is 4.81. The van der Waals surface area contributed by atoms with E-state index in [1.807, 2.05) is 99.6 Å². The number of nitrogen functional groups attached to an aromatic ring is 1. The Hall–Kier alpha value is -1.76. The molecule has 0 unspecified atom stereocenters. The van der Waals surface area contributed by atoms with E-state index in [9.17, 15) is 0 Å². The van der Waals surface area contributed by atoms with Crippen LogP contribution < -0.4 is 22.0 Å². The zero-order chi connectivity index (χ0) is 23.1. The molecule has 0 saturated carbocycles. The van der Waals surface area contributed by atoms with Crippen LogP contribution >= 0.6 is 0 Å². The van der Waals surface area contributed by atoms with Crippen LogP contribution in [-0.2, 0) is 9.31 Å². The lowest BCUT2D eigenvalue weighted by Crippen LogP contribution is -2.41. The smallest absolute Gasteiger partial charge is 0.399 e. The van der Waals surface area contributed by atoms with Crippen molar-refractivity contribution in [3.63, 3.8) is 0 Å².